The van der Waals surface area contributed by atoms with Crippen LogP contribution in [0.25, 0.3) is 0 Å². The molecule has 20 rings (SSSR count). The molecule has 0 amide bonds. The van der Waals surface area contributed by atoms with E-state index in [0.29, 0.717) is 108 Å². The van der Waals surface area contributed by atoms with E-state index in [0.717, 1.165) is 197 Å². The third-order valence-electron chi connectivity index (χ3n) is 31.7. The first-order valence-electron chi connectivity index (χ1n) is 49.7. The highest BCUT2D eigenvalue weighted by Crippen LogP contribution is 2.51. The highest BCUT2D eigenvalue weighted by Gasteiger charge is 2.54. The highest BCUT2D eigenvalue weighted by atomic mass is 35.5. The normalized spacial score (nSPS) is 24.8. The van der Waals surface area contributed by atoms with Gasteiger partial charge in [0.05, 0.1) is 140 Å². The molecule has 12 aliphatic rings. The lowest BCUT2D eigenvalue weighted by molar-refractivity contribution is -0.143. The molecule has 0 unspecified atom stereocenters. The number of hydrogen-bond donors (Lipinski definition) is 6. The Kier molecular flexibility index (Phi) is 35.4. The molecule has 8 aromatic rings. The third-order valence-corrected chi connectivity index (χ3v) is 39.6. The lowest BCUT2D eigenvalue weighted by atomic mass is 9.73. The Morgan fingerprint density at radius 1 is 0.395 bits per heavy atom. The number of piperidine rings is 5. The molecule has 43 heteroatoms. The summed E-state index contributed by atoms with van der Waals surface area (Å²) in [6.07, 6.45) is 20.2. The maximum atomic E-state index is 13.3. The number of pyridine rings is 5. The fourth-order valence-electron chi connectivity index (χ4n) is 21.8. The van der Waals surface area contributed by atoms with Crippen molar-refractivity contribution >= 4 is 140 Å². The minimum Gasteiger partial charge on any atom is -0.480 e. The molecule has 7 aromatic heterocycles. The smallest absolute Gasteiger partial charge is 0.434 e. The number of Topliss-reactive ketones (excluding diaryl/α,β-unsaturated/α-hetero) is 2. The van der Waals surface area contributed by atoms with E-state index >= 15 is 0 Å². The summed E-state index contributed by atoms with van der Waals surface area (Å²) < 4.78 is 78.9. The van der Waals surface area contributed by atoms with Gasteiger partial charge in [-0.1, -0.05) is 111 Å². The average molecular weight is 2200 g/mol. The maximum absolute atomic E-state index is 13.3. The van der Waals surface area contributed by atoms with Crippen molar-refractivity contribution in [3.63, 3.8) is 0 Å². The summed E-state index contributed by atoms with van der Waals surface area (Å²) in [5, 5.41) is 1.76. The zero-order valence-electron chi connectivity index (χ0n) is 84.7. The molecule has 1 aromatic carbocycles. The quantitative estimate of drug-likeness (QED) is 0.0523. The summed E-state index contributed by atoms with van der Waals surface area (Å²) >= 11 is 31.1. The van der Waals surface area contributed by atoms with Crippen LogP contribution in [0.2, 0.25) is 20.1 Å². The summed E-state index contributed by atoms with van der Waals surface area (Å²) in [7, 11) is 6.73. The molecule has 0 bridgehead atoms. The second kappa shape index (κ2) is 46.7. The van der Waals surface area contributed by atoms with Crippen LogP contribution in [-0.4, -0.2) is 231 Å². The summed E-state index contributed by atoms with van der Waals surface area (Å²) in [5.41, 5.74) is 40.7. The lowest BCUT2D eigenvalue weighted by Crippen LogP contribution is -2.51. The molecular weight excluding hydrogens is 2060 g/mol. The molecule has 10 aliphatic heterocycles. The van der Waals surface area contributed by atoms with Gasteiger partial charge in [0.1, 0.15) is 16.7 Å². The van der Waals surface area contributed by atoms with Crippen LogP contribution < -0.4 is 70.5 Å². The number of hydrogen-bond acceptors (Lipinski definition) is 33. The number of thioether (sulfide) groups is 2. The number of nitrogens with two attached hydrogens (primary N) is 6. The van der Waals surface area contributed by atoms with Crippen LogP contribution in [0.1, 0.15) is 134 Å². The number of ketones is 2. The first kappa shape index (κ1) is 111. The number of benzene rings is 1. The lowest BCUT2D eigenvalue weighted by Gasteiger charge is -2.43. The molecule has 792 valence electrons. The Balaban J connectivity index is 0.000000131. The van der Waals surface area contributed by atoms with Gasteiger partial charge in [0.15, 0.2) is 17.3 Å². The standard InChI is InChI=1S/C21H24Cl2N2O2S.C21H26ClN3O3S.C21H26F3N5O2S.C21H28N4O2S.C20H27ClN6O2S/c1-13-20(24)21(12-27-13)7-9-25(10-8-21)14-5-6-17(16(26)11-14)28-18-4-2-3-15(22)19(18)23;1-13-19(23)21(12-28-13)6-9-25(10-7-21)14-3-4-16(15(26)11-14)29-17-5-8-24-20(27-2)18(17)22;1-12-15(32-14-5-4-8-26-17(14)21(22,23)24)18(30)28(3)19(27-12)29-9-6-20(7-10-29)11-31-13(2)16(20)25;1-14-16(5-4-10-23-14)28-17-6-7-18(24(3)20(17)26)25-11-8-21(9-12-25)13-27-15(2)19(21)22;1-11-15(30-13-4-7-24-17(23)14(13)21)18(28)26(3)19(25-11)27-8-5-20(6-9-27)10-29-12(2)16(20)22/h2-6,13,20H,7-12,24H2,1H3;3-5,8,13,19H,6-7,9-12,23H2,1-2H3;4-5,8,13,16H,6-7,9-11,25H2,1-3H3;4-7,10,15,19H,8-9,11-13,22H2,1-3H3;4,7,12,16H,5-6,8-10,22H2,1-3H3,(H2,23,24)/t13-,20+;13-,19+;13-,16+;15-,19+;12-,16+/m00000/s1. The van der Waals surface area contributed by atoms with Gasteiger partial charge in [-0.3, -0.25) is 47.6 Å². The summed E-state index contributed by atoms with van der Waals surface area (Å²) in [6, 6.07) is 19.9. The van der Waals surface area contributed by atoms with Crippen molar-refractivity contribution < 1.29 is 51.2 Å². The average Bonchev–Trinajstić information content (AvgIpc) is 1.70. The Morgan fingerprint density at radius 3 is 1.16 bits per heavy atom. The molecule has 10 saturated heterocycles. The molecule has 147 heavy (non-hydrogen) atoms. The van der Waals surface area contributed by atoms with Gasteiger partial charge in [0, 0.05) is 205 Å². The van der Waals surface area contributed by atoms with E-state index in [1.165, 1.54) is 70.9 Å². The third kappa shape index (κ3) is 23.8. The van der Waals surface area contributed by atoms with Crippen molar-refractivity contribution in [2.24, 2.45) is 76.9 Å². The SMILES string of the molecule is COc1nccc(SC2=CC=C(N3CCC4(CC3)CO[C@@H](C)[C@H]4N)CC2=O)c1Cl.C[C@@H]1OCC2(CCN(C3=CC=C(Sc4cccc(Cl)c4Cl)C(=O)C3)CC2)[C@@H]1N.Cc1nc(N2CCC3(CC2)CO[C@@H](C)[C@H]3N)n(C)c(=O)c1Sc1cccnc1C(F)(F)F.Cc1nc(N2CCC3(CC2)CO[C@@H](C)[C@H]3N)n(C)c(=O)c1Sc1ccnc(N)c1Cl.Cc1ncccc1Sc1ccc(N2CCC3(CC2)CO[C@@H](C)[C@H]3N)n(C)c1=O. The summed E-state index contributed by atoms with van der Waals surface area (Å²) in [5.74, 6) is 2.98. The molecular formula is C104H131Cl4F3N20O11S5. The number of nitrogen functional groups attached to an aromatic ring is 1. The number of halogens is 7. The van der Waals surface area contributed by atoms with Crippen LogP contribution in [0.5, 0.6) is 5.88 Å². The van der Waals surface area contributed by atoms with Crippen LogP contribution in [0, 0.1) is 47.8 Å². The van der Waals surface area contributed by atoms with E-state index in [-0.39, 0.29) is 132 Å². The van der Waals surface area contributed by atoms with Gasteiger partial charge >= 0.3 is 6.18 Å². The zero-order chi connectivity index (χ0) is 105. The maximum Gasteiger partial charge on any atom is 0.434 e. The predicted molar refractivity (Wildman–Crippen MR) is 575 cm³/mol. The van der Waals surface area contributed by atoms with Crippen LogP contribution in [0.15, 0.2) is 191 Å². The first-order chi connectivity index (χ1) is 70.0. The van der Waals surface area contributed by atoms with E-state index in [9.17, 15) is 37.1 Å². The van der Waals surface area contributed by atoms with E-state index in [4.69, 9.17) is 114 Å². The number of methoxy groups -OCH3 is 1. The number of carbonyl (C=O) groups excluding carboxylic acids is 2. The number of carbonyl (C=O) groups is 2. The molecule has 31 nitrogen and oxygen atoms in total. The second-order valence-electron chi connectivity index (χ2n) is 40.5. The van der Waals surface area contributed by atoms with Gasteiger partial charge in [0.2, 0.25) is 17.8 Å². The largest absolute Gasteiger partial charge is 0.480 e. The number of likely N-dealkylation sites (tertiary alicyclic amines) is 2. The van der Waals surface area contributed by atoms with Crippen molar-refractivity contribution in [2.45, 2.75) is 239 Å². The molecule has 5 spiro atoms. The second-order valence-corrected chi connectivity index (χ2v) is 47.4. The number of ether oxygens (including phenoxy) is 6. The molecule has 10 fully saturated rings. The van der Waals surface area contributed by atoms with Crippen LogP contribution in [-0.2, 0) is 60.6 Å². The topological polar surface area (TPSA) is 405 Å². The highest BCUT2D eigenvalue weighted by molar-refractivity contribution is 8.04. The number of aryl methyl sites for hydroxylation is 3. The van der Waals surface area contributed by atoms with Crippen molar-refractivity contribution in [1.82, 2.24) is 53.4 Å². The van der Waals surface area contributed by atoms with Gasteiger partial charge in [-0.25, -0.2) is 19.9 Å². The number of nitrogens with zero attached hydrogens (tertiary/aromatic N) is 14. The van der Waals surface area contributed by atoms with E-state index in [2.05, 4.69) is 83.5 Å². The number of alkyl halides is 3. The minimum absolute atomic E-state index is 0.0238. The molecule has 0 saturated carbocycles. The summed E-state index contributed by atoms with van der Waals surface area (Å²) in [6.45, 7) is 27.6. The van der Waals surface area contributed by atoms with Crippen molar-refractivity contribution in [3.05, 3.63) is 211 Å². The van der Waals surface area contributed by atoms with Gasteiger partial charge in [-0.2, -0.15) is 13.2 Å². The Bertz CT molecular complexity index is 6500. The molecule has 0 radical (unpaired) electrons. The number of allylic oxidation sites excluding steroid dienone is 8. The van der Waals surface area contributed by atoms with Crippen molar-refractivity contribution in [2.75, 3.05) is 126 Å². The van der Waals surface area contributed by atoms with Gasteiger partial charge in [-0.05, 0) is 205 Å². The summed E-state index contributed by atoms with van der Waals surface area (Å²) in [4.78, 5) is 107. The van der Waals surface area contributed by atoms with Crippen LogP contribution in [0.3, 0.4) is 0 Å². The van der Waals surface area contributed by atoms with E-state index in [1.54, 1.807) is 66.9 Å². The molecule has 10 atom stereocenters. The fraction of sp³-hybridized carbons (Fsp3) is 0.529. The molecule has 2 aliphatic carbocycles. The number of aromatic nitrogens is 9. The number of rotatable bonds is 16. The monoisotopic (exact) mass is 2190 g/mol. The first-order valence-corrected chi connectivity index (χ1v) is 55.3. The van der Waals surface area contributed by atoms with E-state index in [1.807, 2.05) is 82.1 Å². The Morgan fingerprint density at radius 2 is 0.769 bits per heavy atom. The van der Waals surface area contributed by atoms with Crippen molar-refractivity contribution in [1.29, 1.82) is 0 Å². The predicted octanol–water partition coefficient (Wildman–Crippen LogP) is 15.8. The van der Waals surface area contributed by atoms with Crippen LogP contribution in [0.4, 0.5) is 36.7 Å². The number of anilines is 4. The van der Waals surface area contributed by atoms with Gasteiger partial charge in [0.25, 0.3) is 16.7 Å². The fourth-order valence-corrected chi connectivity index (χ4v) is 27.5. The Hall–Kier alpha value is -8.27. The van der Waals surface area contributed by atoms with Crippen molar-refractivity contribution in [3.8, 4) is 5.88 Å². The molecule has 12 N–H and O–H groups in total. The van der Waals surface area contributed by atoms with Gasteiger partial charge < -0.3 is 87.3 Å². The minimum atomic E-state index is -4.61. The Labute approximate surface area is 896 Å². The van der Waals surface area contributed by atoms with Gasteiger partial charge in [-0.15, -0.1) is 0 Å². The molecule has 17 heterocycles. The van der Waals surface area contributed by atoms with Crippen LogP contribution >= 0.6 is 105 Å². The zero-order valence-corrected chi connectivity index (χ0v) is 91.8. The van der Waals surface area contributed by atoms with E-state index < -0.39 is 11.9 Å².